The maximum Gasteiger partial charge on any atom is 0.271 e. The van der Waals surface area contributed by atoms with Gasteiger partial charge in [-0.2, -0.15) is 0 Å². The van der Waals surface area contributed by atoms with Crippen molar-refractivity contribution in [2.75, 3.05) is 0 Å². The Labute approximate surface area is 106 Å². The average molecular weight is 269 g/mol. The number of aromatic nitrogens is 2. The van der Waals surface area contributed by atoms with E-state index in [1.165, 1.54) is 12.1 Å². The highest BCUT2D eigenvalue weighted by Gasteiger charge is 2.10. The van der Waals surface area contributed by atoms with Gasteiger partial charge in [-0.1, -0.05) is 24.6 Å². The lowest BCUT2D eigenvalue weighted by Gasteiger charge is -1.99. The van der Waals surface area contributed by atoms with Gasteiger partial charge in [-0.15, -0.1) is 0 Å². The number of non-ortho nitro benzene ring substituents is 1. The molecule has 0 atom stereocenters. The molecule has 1 aromatic heterocycles. The van der Waals surface area contributed by atoms with Gasteiger partial charge in [0.05, 0.1) is 16.0 Å². The molecular weight excluding hydrogens is 258 g/mol. The first-order valence-electron chi connectivity index (χ1n) is 5.04. The van der Waals surface area contributed by atoms with Gasteiger partial charge >= 0.3 is 0 Å². The van der Waals surface area contributed by atoms with E-state index >= 15 is 0 Å². The van der Waals surface area contributed by atoms with E-state index in [1.54, 1.807) is 27.7 Å². The second-order valence-electron chi connectivity index (χ2n) is 3.73. The number of nitro groups is 1. The molecule has 0 unspecified atom stereocenters. The predicted octanol–water partition coefficient (Wildman–Crippen LogP) is 3.62. The zero-order chi connectivity index (χ0) is 12.4. The third kappa shape index (κ3) is 2.92. The highest BCUT2D eigenvalue weighted by atomic mass is 33.1. The molecule has 0 radical (unpaired) electrons. The fraction of sp³-hybridized carbons (Fsp3) is 0.300. The van der Waals surface area contributed by atoms with Crippen LogP contribution in [0.2, 0.25) is 0 Å². The van der Waals surface area contributed by atoms with Crippen LogP contribution in [0.1, 0.15) is 13.8 Å². The molecule has 0 saturated carbocycles. The van der Waals surface area contributed by atoms with Crippen LogP contribution in [0.25, 0.3) is 11.0 Å². The van der Waals surface area contributed by atoms with Crippen LogP contribution < -0.4 is 0 Å². The summed E-state index contributed by atoms with van der Waals surface area (Å²) in [4.78, 5) is 17.6. The Kier molecular flexibility index (Phi) is 3.58. The molecule has 5 nitrogen and oxygen atoms in total. The molecule has 2 aromatic rings. The van der Waals surface area contributed by atoms with E-state index in [-0.39, 0.29) is 5.69 Å². The van der Waals surface area contributed by atoms with Crippen molar-refractivity contribution in [2.24, 2.45) is 0 Å². The van der Waals surface area contributed by atoms with Crippen molar-refractivity contribution in [1.29, 1.82) is 0 Å². The summed E-state index contributed by atoms with van der Waals surface area (Å²) in [6, 6.07) is 4.63. The molecule has 0 aliphatic carbocycles. The summed E-state index contributed by atoms with van der Waals surface area (Å²) < 4.78 is 0. The van der Waals surface area contributed by atoms with Gasteiger partial charge in [-0.05, 0) is 16.9 Å². The molecule has 90 valence electrons. The monoisotopic (exact) mass is 269 g/mol. The first-order chi connectivity index (χ1) is 8.06. The molecule has 2 rings (SSSR count). The van der Waals surface area contributed by atoms with E-state index < -0.39 is 4.92 Å². The summed E-state index contributed by atoms with van der Waals surface area (Å²) in [6.45, 7) is 4.20. The lowest BCUT2D eigenvalue weighted by Crippen LogP contribution is -1.86. The van der Waals surface area contributed by atoms with E-state index in [0.29, 0.717) is 10.8 Å². The molecule has 1 N–H and O–H groups in total. The number of fused-ring (bicyclic) bond motifs is 1. The average Bonchev–Trinajstić information content (AvgIpc) is 2.67. The first kappa shape index (κ1) is 12.3. The summed E-state index contributed by atoms with van der Waals surface area (Å²) in [6.07, 6.45) is 0. The Balaban J connectivity index is 2.27. The normalized spacial score (nSPS) is 11.2. The first-order valence-corrected chi connectivity index (χ1v) is 7.25. The van der Waals surface area contributed by atoms with Gasteiger partial charge in [0.1, 0.15) is 0 Å². The second kappa shape index (κ2) is 4.97. The minimum absolute atomic E-state index is 0.0780. The number of nitrogens with zero attached hydrogens (tertiary/aromatic N) is 2. The van der Waals surface area contributed by atoms with Crippen LogP contribution in [0.15, 0.2) is 23.4 Å². The van der Waals surface area contributed by atoms with Crippen molar-refractivity contribution in [1.82, 2.24) is 9.97 Å². The molecule has 0 amide bonds. The number of nitro benzene ring substituents is 1. The van der Waals surface area contributed by atoms with Crippen molar-refractivity contribution in [2.45, 2.75) is 24.3 Å². The van der Waals surface area contributed by atoms with Crippen molar-refractivity contribution in [3.8, 4) is 0 Å². The van der Waals surface area contributed by atoms with Gasteiger partial charge in [0.15, 0.2) is 5.16 Å². The van der Waals surface area contributed by atoms with Gasteiger partial charge in [0.25, 0.3) is 5.69 Å². The van der Waals surface area contributed by atoms with Crippen molar-refractivity contribution in [3.63, 3.8) is 0 Å². The van der Waals surface area contributed by atoms with E-state index in [4.69, 9.17) is 0 Å². The van der Waals surface area contributed by atoms with Gasteiger partial charge in [-0.3, -0.25) is 10.1 Å². The minimum atomic E-state index is -0.407. The molecule has 0 bridgehead atoms. The topological polar surface area (TPSA) is 71.8 Å². The van der Waals surface area contributed by atoms with E-state index in [0.717, 1.165) is 10.7 Å². The largest absolute Gasteiger partial charge is 0.332 e. The minimum Gasteiger partial charge on any atom is -0.332 e. The molecule has 0 saturated heterocycles. The maximum absolute atomic E-state index is 10.6. The van der Waals surface area contributed by atoms with Crippen molar-refractivity contribution >= 4 is 38.3 Å². The van der Waals surface area contributed by atoms with E-state index in [9.17, 15) is 10.1 Å². The molecular formula is C10H11N3O2S2. The lowest BCUT2D eigenvalue weighted by molar-refractivity contribution is -0.384. The summed E-state index contributed by atoms with van der Waals surface area (Å²) in [5.74, 6) is 0. The highest BCUT2D eigenvalue weighted by molar-refractivity contribution is 8.76. The second-order valence-corrected chi connectivity index (χ2v) is 6.49. The zero-order valence-corrected chi connectivity index (χ0v) is 11.0. The van der Waals surface area contributed by atoms with Gasteiger partial charge in [-0.25, -0.2) is 4.98 Å². The van der Waals surface area contributed by atoms with Gasteiger partial charge < -0.3 is 4.98 Å². The molecule has 0 spiro atoms. The van der Waals surface area contributed by atoms with Crippen LogP contribution in [0, 0.1) is 10.1 Å². The van der Waals surface area contributed by atoms with Crippen LogP contribution in [0.3, 0.4) is 0 Å². The quantitative estimate of drug-likeness (QED) is 0.521. The number of rotatable bonds is 4. The summed E-state index contributed by atoms with van der Waals surface area (Å²) in [5, 5.41) is 11.9. The smallest absolute Gasteiger partial charge is 0.271 e. The predicted molar refractivity (Wildman–Crippen MR) is 71.3 cm³/mol. The zero-order valence-electron chi connectivity index (χ0n) is 9.34. The van der Waals surface area contributed by atoms with Crippen LogP contribution in [0.4, 0.5) is 5.69 Å². The lowest BCUT2D eigenvalue weighted by atomic mass is 10.3. The third-order valence-electron chi connectivity index (χ3n) is 1.97. The Morgan fingerprint density at radius 3 is 2.88 bits per heavy atom. The fourth-order valence-corrected chi connectivity index (χ4v) is 2.93. The standard InChI is InChI=1S/C10H11N3O2S2/c1-6(2)16-17-10-11-8-4-3-7(13(14)15)5-9(8)12-10/h3-6H,1-2H3,(H,11,12). The molecule has 7 heteroatoms. The Bertz CT molecular complexity index is 553. The number of imidazole rings is 1. The summed E-state index contributed by atoms with van der Waals surface area (Å²) in [5.41, 5.74) is 1.53. The van der Waals surface area contributed by atoms with Crippen LogP contribution >= 0.6 is 21.6 Å². The summed E-state index contributed by atoms with van der Waals surface area (Å²) >= 11 is 0. The van der Waals surface area contributed by atoms with Crippen LogP contribution in [0.5, 0.6) is 0 Å². The van der Waals surface area contributed by atoms with Gasteiger partial charge in [0, 0.05) is 17.4 Å². The van der Waals surface area contributed by atoms with E-state index in [2.05, 4.69) is 23.8 Å². The molecule has 0 fully saturated rings. The molecule has 1 aromatic carbocycles. The number of benzene rings is 1. The number of H-pyrrole nitrogens is 1. The van der Waals surface area contributed by atoms with Crippen molar-refractivity contribution in [3.05, 3.63) is 28.3 Å². The third-order valence-corrected chi connectivity index (χ3v) is 4.72. The highest BCUT2D eigenvalue weighted by Crippen LogP contribution is 2.33. The Morgan fingerprint density at radius 1 is 1.47 bits per heavy atom. The van der Waals surface area contributed by atoms with Crippen LogP contribution in [-0.4, -0.2) is 20.1 Å². The molecule has 0 aliphatic heterocycles. The fourth-order valence-electron chi connectivity index (χ4n) is 1.27. The number of aromatic amines is 1. The maximum atomic E-state index is 10.6. The van der Waals surface area contributed by atoms with E-state index in [1.807, 2.05) is 0 Å². The van der Waals surface area contributed by atoms with Crippen LogP contribution in [-0.2, 0) is 0 Å². The molecule has 0 aliphatic rings. The number of hydrogen-bond donors (Lipinski definition) is 1. The van der Waals surface area contributed by atoms with Gasteiger partial charge in [0.2, 0.25) is 0 Å². The Hall–Kier alpha value is -1.21. The SMILES string of the molecule is CC(C)SSc1nc2ccc([N+](=O)[O-])cc2[nH]1. The molecule has 1 heterocycles. The number of hydrogen-bond acceptors (Lipinski definition) is 5. The molecule has 17 heavy (non-hydrogen) atoms. The van der Waals surface area contributed by atoms with Crippen molar-refractivity contribution < 1.29 is 4.92 Å². The number of nitrogens with one attached hydrogen (secondary N) is 1. The Morgan fingerprint density at radius 2 is 2.24 bits per heavy atom. The summed E-state index contributed by atoms with van der Waals surface area (Å²) in [7, 11) is 3.25.